The molecular formula is C48H91N2O12P. The molecule has 0 aliphatic rings. The molecule has 0 aromatic carbocycles. The van der Waals surface area contributed by atoms with Gasteiger partial charge < -0.3 is 40.2 Å². The van der Waals surface area contributed by atoms with Gasteiger partial charge in [-0.3, -0.25) is 23.7 Å². The third-order valence-corrected chi connectivity index (χ3v) is 10.9. The number of allylic oxidation sites excluding steroid dienone is 4. The number of nitrogens with one attached hydrogen (secondary N) is 1. The topological polar surface area (TPSA) is 232 Å². The number of nitrogens with two attached hydrogens (primary N) is 1. The second kappa shape index (κ2) is 45.9. The van der Waals surface area contributed by atoms with E-state index in [1.54, 1.807) is 5.09 Å². The molecule has 63 heavy (non-hydrogen) atoms. The van der Waals surface area contributed by atoms with Crippen molar-refractivity contribution in [1.29, 1.82) is 0 Å². The van der Waals surface area contributed by atoms with E-state index in [2.05, 4.69) is 38.2 Å². The summed E-state index contributed by atoms with van der Waals surface area (Å²) in [5, 5.41) is 28.3. The lowest BCUT2D eigenvalue weighted by Gasteiger charge is -2.26. The van der Waals surface area contributed by atoms with E-state index >= 15 is 0 Å². The number of carboxylic acid groups (broad SMARTS) is 1. The van der Waals surface area contributed by atoms with Crippen LogP contribution < -0.4 is 10.8 Å². The van der Waals surface area contributed by atoms with Crippen molar-refractivity contribution in [1.82, 2.24) is 5.09 Å². The number of hydrogen-bond donors (Lipinski definition) is 6. The third-order valence-electron chi connectivity index (χ3n) is 10.3. The number of carboxylic acids is 1. The van der Waals surface area contributed by atoms with Gasteiger partial charge in [0.15, 0.2) is 6.10 Å². The molecule has 370 valence electrons. The lowest BCUT2D eigenvalue weighted by Crippen LogP contribution is -2.44. The van der Waals surface area contributed by atoms with Gasteiger partial charge in [-0.2, -0.15) is 0 Å². The Balaban J connectivity index is 0. The van der Waals surface area contributed by atoms with Crippen LogP contribution in [0.4, 0.5) is 0 Å². The number of ether oxygens (including phenoxy) is 3. The molecule has 0 aliphatic heterocycles. The SMILES string of the molecule is CCCCCCCC/C=C\CCCCCCCC(=O)OC(OC(=O)[C@@H](N)CC(C)C)[C@H](CO)OC(=O)CCCCCCC/C=C\CCCCCCCC.O=C(O)[C@H](CO)N[PH](=O)O. The fourth-order valence-electron chi connectivity index (χ4n) is 6.59. The maximum atomic E-state index is 12.8. The van der Waals surface area contributed by atoms with Crippen molar-refractivity contribution in [2.24, 2.45) is 11.7 Å². The minimum Gasteiger partial charge on any atom is -0.480 e. The molecular weight excluding hydrogens is 828 g/mol. The largest absolute Gasteiger partial charge is 0.480 e. The van der Waals surface area contributed by atoms with Crippen LogP contribution in [0.1, 0.15) is 214 Å². The van der Waals surface area contributed by atoms with Gasteiger partial charge in [-0.25, -0.2) is 5.09 Å². The Kier molecular flexibility index (Phi) is 45.6. The molecule has 2 unspecified atom stereocenters. The van der Waals surface area contributed by atoms with Crippen LogP contribution in [-0.4, -0.2) is 81.8 Å². The highest BCUT2D eigenvalue weighted by Crippen LogP contribution is 2.17. The Morgan fingerprint density at radius 2 is 0.968 bits per heavy atom. The monoisotopic (exact) mass is 919 g/mol. The Labute approximate surface area is 381 Å². The highest BCUT2D eigenvalue weighted by atomic mass is 31.1. The van der Waals surface area contributed by atoms with Crippen LogP contribution in [0.5, 0.6) is 0 Å². The molecule has 0 fully saturated rings. The van der Waals surface area contributed by atoms with E-state index in [9.17, 15) is 28.8 Å². The number of aliphatic hydroxyl groups excluding tert-OH is 2. The van der Waals surface area contributed by atoms with Crippen LogP contribution >= 0.6 is 8.18 Å². The minimum atomic E-state index is -3.03. The zero-order valence-corrected chi connectivity index (χ0v) is 40.7. The first kappa shape index (κ1) is 62.5. The highest BCUT2D eigenvalue weighted by Gasteiger charge is 2.33. The standard InChI is InChI=1S/C45H83NO7.C3H8NO5P/c1-5-7-9-11-13-15-17-19-21-23-25-27-29-31-33-35-42(48)51-41(38-47)45(53-44(50)40(46)37-39(3)4)52-43(49)36-34-32-30-28-26-24-22-20-18-16-14-12-10-8-6-2;5-1-2(3(6)7)4-10(8)9/h19-22,39-41,45,47H,5-18,23-38,46H2,1-4H3;2,5,10H,1H2,(H,6,7)(H2,4,8,9)/b21-19-,22-20-;/t40-,41-,45?;2-/m00/s1. The summed E-state index contributed by atoms with van der Waals surface area (Å²) >= 11 is 0. The molecule has 0 aromatic rings. The normalized spacial score (nSPS) is 13.9. The lowest BCUT2D eigenvalue weighted by molar-refractivity contribution is -0.219. The molecule has 0 aromatic heterocycles. The summed E-state index contributed by atoms with van der Waals surface area (Å²) < 4.78 is 26.4. The van der Waals surface area contributed by atoms with Gasteiger partial charge in [0.1, 0.15) is 12.1 Å². The summed E-state index contributed by atoms with van der Waals surface area (Å²) in [5.41, 5.74) is 6.02. The molecule has 5 atom stereocenters. The maximum Gasteiger partial charge on any atom is 0.326 e. The predicted octanol–water partition coefficient (Wildman–Crippen LogP) is 10.2. The molecule has 0 saturated carbocycles. The van der Waals surface area contributed by atoms with Crippen LogP contribution in [0, 0.1) is 5.92 Å². The van der Waals surface area contributed by atoms with Gasteiger partial charge in [-0.05, 0) is 76.5 Å². The molecule has 7 N–H and O–H groups in total. The summed E-state index contributed by atoms with van der Waals surface area (Å²) in [5.74, 6) is -3.05. The Bertz CT molecular complexity index is 1200. The van der Waals surface area contributed by atoms with Crippen LogP contribution in [-0.2, 0) is 38.0 Å². The molecule has 0 heterocycles. The number of hydrogen-bond acceptors (Lipinski definition) is 11. The van der Waals surface area contributed by atoms with E-state index < -0.39 is 69.7 Å². The van der Waals surface area contributed by atoms with E-state index in [1.165, 1.54) is 89.9 Å². The Morgan fingerprint density at radius 3 is 1.30 bits per heavy atom. The predicted molar refractivity (Wildman–Crippen MR) is 252 cm³/mol. The summed E-state index contributed by atoms with van der Waals surface area (Å²) in [7, 11) is -3.03. The molecule has 0 saturated heterocycles. The summed E-state index contributed by atoms with van der Waals surface area (Å²) in [6, 6.07) is -2.27. The summed E-state index contributed by atoms with van der Waals surface area (Å²) in [4.78, 5) is 56.4. The average Bonchev–Trinajstić information content (AvgIpc) is 3.24. The molecule has 0 bridgehead atoms. The van der Waals surface area contributed by atoms with Crippen molar-refractivity contribution in [2.45, 2.75) is 238 Å². The Hall–Kier alpha value is -2.61. The number of carbonyl (C=O) groups is 4. The Morgan fingerprint density at radius 1 is 0.587 bits per heavy atom. The molecule has 0 radical (unpaired) electrons. The first-order chi connectivity index (χ1) is 30.3. The quantitative estimate of drug-likeness (QED) is 0.0110. The zero-order valence-electron chi connectivity index (χ0n) is 39.7. The molecule has 0 amide bonds. The average molecular weight is 919 g/mol. The summed E-state index contributed by atoms with van der Waals surface area (Å²) in [6.45, 7) is 7.01. The highest BCUT2D eigenvalue weighted by molar-refractivity contribution is 7.35. The number of unbranched alkanes of at least 4 members (excludes halogenated alkanes) is 22. The van der Waals surface area contributed by atoms with E-state index in [0.717, 1.165) is 64.2 Å². The third kappa shape index (κ3) is 43.1. The minimum absolute atomic E-state index is 0.144. The van der Waals surface area contributed by atoms with Crippen molar-refractivity contribution < 1.29 is 58.2 Å². The smallest absolute Gasteiger partial charge is 0.326 e. The van der Waals surface area contributed by atoms with E-state index in [1.807, 2.05) is 13.8 Å². The van der Waals surface area contributed by atoms with Crippen molar-refractivity contribution >= 4 is 32.1 Å². The van der Waals surface area contributed by atoms with Gasteiger partial charge in [0, 0.05) is 12.8 Å². The van der Waals surface area contributed by atoms with Gasteiger partial charge in [-0.15, -0.1) is 0 Å². The van der Waals surface area contributed by atoms with Crippen molar-refractivity contribution in [3.05, 3.63) is 24.3 Å². The van der Waals surface area contributed by atoms with Gasteiger partial charge in [0.2, 0.25) is 0 Å². The van der Waals surface area contributed by atoms with Gasteiger partial charge >= 0.3 is 23.9 Å². The summed E-state index contributed by atoms with van der Waals surface area (Å²) in [6.07, 6.45) is 37.1. The van der Waals surface area contributed by atoms with Crippen LogP contribution in [0.25, 0.3) is 0 Å². The van der Waals surface area contributed by atoms with Gasteiger partial charge in [0.05, 0.1) is 13.2 Å². The van der Waals surface area contributed by atoms with Crippen LogP contribution in [0.3, 0.4) is 0 Å². The fourth-order valence-corrected chi connectivity index (χ4v) is 7.10. The number of aliphatic hydroxyl groups is 2. The lowest BCUT2D eigenvalue weighted by atomic mass is 10.1. The van der Waals surface area contributed by atoms with Crippen molar-refractivity contribution in [3.8, 4) is 0 Å². The van der Waals surface area contributed by atoms with Gasteiger partial charge in [0.25, 0.3) is 14.5 Å². The fraction of sp³-hybridized carbons (Fsp3) is 0.833. The van der Waals surface area contributed by atoms with Gasteiger partial charge in [-0.1, -0.05) is 155 Å². The van der Waals surface area contributed by atoms with Crippen LogP contribution in [0.2, 0.25) is 0 Å². The van der Waals surface area contributed by atoms with E-state index in [-0.39, 0.29) is 18.8 Å². The van der Waals surface area contributed by atoms with Crippen molar-refractivity contribution in [3.63, 3.8) is 0 Å². The molecule has 0 aliphatic carbocycles. The molecule has 0 spiro atoms. The maximum absolute atomic E-state index is 12.8. The van der Waals surface area contributed by atoms with Crippen LogP contribution in [0.15, 0.2) is 24.3 Å². The van der Waals surface area contributed by atoms with E-state index in [4.69, 9.17) is 35.1 Å². The molecule has 14 nitrogen and oxygen atoms in total. The second-order valence-electron chi connectivity index (χ2n) is 16.9. The number of rotatable bonds is 42. The molecule has 15 heteroatoms. The number of carbonyl (C=O) groups excluding carboxylic acids is 3. The molecule has 0 rings (SSSR count). The zero-order chi connectivity index (χ0) is 47.4. The van der Waals surface area contributed by atoms with Crippen molar-refractivity contribution in [2.75, 3.05) is 13.2 Å². The number of aliphatic carboxylic acids is 1. The first-order valence-corrected chi connectivity index (χ1v) is 25.8. The van der Waals surface area contributed by atoms with E-state index in [0.29, 0.717) is 19.3 Å². The number of esters is 3. The second-order valence-corrected chi connectivity index (χ2v) is 17.8. The first-order valence-electron chi connectivity index (χ1n) is 24.4.